The molecule has 10 heteroatoms. The van der Waals surface area contributed by atoms with Crippen molar-refractivity contribution in [3.05, 3.63) is 24.3 Å². The van der Waals surface area contributed by atoms with E-state index in [1.807, 2.05) is 6.92 Å². The summed E-state index contributed by atoms with van der Waals surface area (Å²) in [5.41, 5.74) is 0.601. The average molecular weight is 429 g/mol. The van der Waals surface area contributed by atoms with Crippen LogP contribution in [-0.2, 0) is 19.1 Å². The molecule has 1 rings (SSSR count). The van der Waals surface area contributed by atoms with Crippen LogP contribution in [0.15, 0.2) is 24.3 Å². The molecule has 0 aliphatic heterocycles. The lowest BCUT2D eigenvalue weighted by atomic mass is 10.3. The van der Waals surface area contributed by atoms with E-state index in [1.54, 1.807) is 24.3 Å². The molecule has 0 saturated carbocycles. The number of ether oxygens (including phenoxy) is 2. The zero-order valence-corrected chi connectivity index (χ0v) is 17.4. The number of thioether (sulfide) groups is 1. The zero-order valence-electron chi connectivity index (χ0n) is 16.6. The molecule has 0 radical (unpaired) electrons. The molecule has 0 aromatic heterocycles. The third kappa shape index (κ3) is 11.3. The van der Waals surface area contributed by atoms with Crippen LogP contribution >= 0.6 is 11.8 Å². The molecule has 162 valence electrons. The fourth-order valence-corrected chi connectivity index (χ4v) is 3.10. The fourth-order valence-electron chi connectivity index (χ4n) is 2.14. The maximum atomic E-state index is 12.0. The Kier molecular flexibility index (Phi) is 11.8. The van der Waals surface area contributed by atoms with E-state index in [9.17, 15) is 19.5 Å². The van der Waals surface area contributed by atoms with Crippen molar-refractivity contribution in [3.63, 3.8) is 0 Å². The van der Waals surface area contributed by atoms with Gasteiger partial charge in [-0.25, -0.2) is 4.79 Å². The summed E-state index contributed by atoms with van der Waals surface area (Å²) in [6, 6.07) is 5.77. The van der Waals surface area contributed by atoms with Gasteiger partial charge in [-0.2, -0.15) is 11.8 Å². The number of nitrogens with one attached hydrogen (secondary N) is 2. The first-order valence-corrected chi connectivity index (χ1v) is 10.3. The highest BCUT2D eigenvalue weighted by Gasteiger charge is 2.18. The lowest BCUT2D eigenvalue weighted by molar-refractivity contribution is -0.140. The fraction of sp³-hybridized carbons (Fsp3) is 0.526. The van der Waals surface area contributed by atoms with Gasteiger partial charge in [0.25, 0.3) is 0 Å². The van der Waals surface area contributed by atoms with Crippen molar-refractivity contribution >= 4 is 35.2 Å². The number of aliphatic hydroxyl groups is 1. The molecule has 0 saturated heterocycles. The Balaban J connectivity index is 2.30. The zero-order chi connectivity index (χ0) is 21.6. The summed E-state index contributed by atoms with van der Waals surface area (Å²) >= 11 is 1.28. The molecule has 2 atom stereocenters. The molecule has 2 amide bonds. The predicted octanol–water partition coefficient (Wildman–Crippen LogP) is 1.11. The number of carboxylic acid groups (broad SMARTS) is 1. The summed E-state index contributed by atoms with van der Waals surface area (Å²) in [5.74, 6) is -0.550. The normalized spacial score (nSPS) is 12.7. The smallest absolute Gasteiger partial charge is 0.327 e. The first-order valence-electron chi connectivity index (χ1n) is 9.18. The second-order valence-corrected chi connectivity index (χ2v) is 7.26. The van der Waals surface area contributed by atoms with Crippen LogP contribution in [0.1, 0.15) is 20.3 Å². The number of benzene rings is 1. The topological polar surface area (TPSA) is 134 Å². The highest BCUT2D eigenvalue weighted by atomic mass is 32.2. The minimum atomic E-state index is -1.11. The average Bonchev–Trinajstić information content (AvgIpc) is 2.67. The summed E-state index contributed by atoms with van der Waals surface area (Å²) in [4.78, 5) is 34.0. The van der Waals surface area contributed by atoms with Gasteiger partial charge in [-0.05, 0) is 31.2 Å². The van der Waals surface area contributed by atoms with Crippen molar-refractivity contribution in [2.24, 2.45) is 0 Å². The van der Waals surface area contributed by atoms with Crippen molar-refractivity contribution in [2.75, 3.05) is 36.6 Å². The SMILES string of the molecule is CCOCC(O)COc1ccc(NC(=O)CCSCC(NC(C)=O)C(=O)O)cc1. The highest BCUT2D eigenvalue weighted by Crippen LogP contribution is 2.16. The minimum absolute atomic E-state index is 0.110. The second-order valence-electron chi connectivity index (χ2n) is 6.11. The molecule has 0 spiro atoms. The number of amides is 2. The highest BCUT2D eigenvalue weighted by molar-refractivity contribution is 7.99. The van der Waals surface area contributed by atoms with Crippen LogP contribution in [0.2, 0.25) is 0 Å². The van der Waals surface area contributed by atoms with Crippen LogP contribution in [0.3, 0.4) is 0 Å². The van der Waals surface area contributed by atoms with Crippen molar-refractivity contribution in [2.45, 2.75) is 32.4 Å². The van der Waals surface area contributed by atoms with Gasteiger partial charge < -0.3 is 30.3 Å². The Hall–Kier alpha value is -2.30. The molecule has 0 heterocycles. The number of hydrogen-bond acceptors (Lipinski definition) is 7. The van der Waals surface area contributed by atoms with Gasteiger partial charge in [-0.1, -0.05) is 0 Å². The first-order chi connectivity index (χ1) is 13.8. The monoisotopic (exact) mass is 428 g/mol. The number of carbonyl (C=O) groups is 3. The van der Waals surface area contributed by atoms with E-state index in [-0.39, 0.29) is 31.3 Å². The van der Waals surface area contributed by atoms with Gasteiger partial charge in [0.1, 0.15) is 24.5 Å². The first kappa shape index (κ1) is 24.7. The lowest BCUT2D eigenvalue weighted by Gasteiger charge is -2.13. The van der Waals surface area contributed by atoms with Crippen LogP contribution in [0.25, 0.3) is 0 Å². The number of carboxylic acids is 1. The quantitative estimate of drug-likeness (QED) is 0.324. The number of anilines is 1. The number of rotatable bonds is 14. The molecular formula is C19H28N2O7S. The Bertz CT molecular complexity index is 654. The number of carbonyl (C=O) groups excluding carboxylic acids is 2. The van der Waals surface area contributed by atoms with Crippen LogP contribution in [0.4, 0.5) is 5.69 Å². The summed E-state index contributed by atoms with van der Waals surface area (Å²) < 4.78 is 10.6. The van der Waals surface area contributed by atoms with Gasteiger partial charge in [0, 0.05) is 37.1 Å². The molecule has 0 aliphatic rings. The van der Waals surface area contributed by atoms with E-state index in [0.717, 1.165) is 0 Å². The van der Waals surface area contributed by atoms with Gasteiger partial charge >= 0.3 is 5.97 Å². The van der Waals surface area contributed by atoms with E-state index in [2.05, 4.69) is 10.6 Å². The van der Waals surface area contributed by atoms with Gasteiger partial charge in [-0.15, -0.1) is 0 Å². The van der Waals surface area contributed by atoms with Gasteiger partial charge in [0.15, 0.2) is 0 Å². The van der Waals surface area contributed by atoms with Gasteiger partial charge in [0.2, 0.25) is 11.8 Å². The van der Waals surface area contributed by atoms with E-state index in [1.165, 1.54) is 18.7 Å². The maximum absolute atomic E-state index is 12.0. The molecule has 0 bridgehead atoms. The van der Waals surface area contributed by atoms with Crippen LogP contribution < -0.4 is 15.4 Å². The summed E-state index contributed by atoms with van der Waals surface area (Å²) in [6.07, 6.45) is -0.503. The minimum Gasteiger partial charge on any atom is -0.491 e. The molecule has 0 fully saturated rings. The Morgan fingerprint density at radius 1 is 1.17 bits per heavy atom. The molecule has 1 aromatic carbocycles. The number of aliphatic hydroxyl groups excluding tert-OH is 1. The van der Waals surface area contributed by atoms with Crippen molar-refractivity contribution in [3.8, 4) is 5.75 Å². The molecule has 4 N–H and O–H groups in total. The molecule has 9 nitrogen and oxygen atoms in total. The summed E-state index contributed by atoms with van der Waals surface area (Å²) in [6.45, 7) is 3.95. The van der Waals surface area contributed by atoms with E-state index >= 15 is 0 Å². The van der Waals surface area contributed by atoms with E-state index in [0.29, 0.717) is 23.8 Å². The molecule has 1 aromatic rings. The number of aliphatic carboxylic acids is 1. The van der Waals surface area contributed by atoms with E-state index in [4.69, 9.17) is 14.6 Å². The standard InChI is InChI=1S/C19H28N2O7S/c1-3-27-10-15(23)11-28-16-6-4-14(5-7-16)21-18(24)8-9-29-12-17(19(25)26)20-13(2)22/h4-7,15,17,23H,3,8-12H2,1-2H3,(H,20,22)(H,21,24)(H,25,26). The predicted molar refractivity (Wildman–Crippen MR) is 110 cm³/mol. The summed E-state index contributed by atoms with van der Waals surface area (Å²) in [7, 11) is 0. The van der Waals surface area contributed by atoms with Crippen LogP contribution in [0.5, 0.6) is 5.75 Å². The van der Waals surface area contributed by atoms with Crippen LogP contribution in [0, 0.1) is 0 Å². The third-order valence-electron chi connectivity index (χ3n) is 3.53. The Morgan fingerprint density at radius 2 is 1.86 bits per heavy atom. The molecular weight excluding hydrogens is 400 g/mol. The summed E-state index contributed by atoms with van der Waals surface area (Å²) in [5, 5.41) is 23.8. The maximum Gasteiger partial charge on any atom is 0.327 e. The Morgan fingerprint density at radius 3 is 2.45 bits per heavy atom. The number of hydrogen-bond donors (Lipinski definition) is 4. The van der Waals surface area contributed by atoms with Crippen LogP contribution in [-0.4, -0.2) is 71.5 Å². The second kappa shape index (κ2) is 13.8. The lowest BCUT2D eigenvalue weighted by Crippen LogP contribution is -2.41. The van der Waals surface area contributed by atoms with Crippen molar-refractivity contribution in [1.29, 1.82) is 0 Å². The molecule has 2 unspecified atom stereocenters. The van der Waals surface area contributed by atoms with Crippen molar-refractivity contribution in [1.82, 2.24) is 5.32 Å². The Labute approximate surface area is 174 Å². The largest absolute Gasteiger partial charge is 0.491 e. The van der Waals surface area contributed by atoms with Gasteiger partial charge in [-0.3, -0.25) is 9.59 Å². The molecule has 0 aliphatic carbocycles. The third-order valence-corrected chi connectivity index (χ3v) is 4.59. The molecule has 29 heavy (non-hydrogen) atoms. The van der Waals surface area contributed by atoms with Gasteiger partial charge in [0.05, 0.1) is 6.61 Å². The van der Waals surface area contributed by atoms with Crippen molar-refractivity contribution < 1.29 is 34.1 Å². The van der Waals surface area contributed by atoms with E-state index < -0.39 is 24.0 Å².